The number of hydrogen-bond acceptors (Lipinski definition) is 6. The van der Waals surface area contributed by atoms with E-state index in [1.54, 1.807) is 0 Å². The van der Waals surface area contributed by atoms with E-state index in [0.29, 0.717) is 18.5 Å². The number of aliphatic hydroxyl groups excluding tert-OH is 1. The number of fused-ring (bicyclic) bond motifs is 1. The molecular weight excluding hydrogens is 401 g/mol. The molecule has 2 aromatic carbocycles. The smallest absolute Gasteiger partial charge is 0.197 e. The molecule has 1 aliphatic heterocycles. The van der Waals surface area contributed by atoms with Crippen molar-refractivity contribution in [2.75, 3.05) is 20.2 Å². The van der Waals surface area contributed by atoms with Crippen LogP contribution in [-0.2, 0) is 0 Å². The summed E-state index contributed by atoms with van der Waals surface area (Å²) in [5.74, 6) is -1.51. The number of halogens is 2. The number of phenols is 2. The van der Waals surface area contributed by atoms with E-state index < -0.39 is 17.0 Å². The first-order chi connectivity index (χ1) is 13.8. The van der Waals surface area contributed by atoms with Gasteiger partial charge >= 0.3 is 0 Å². The van der Waals surface area contributed by atoms with E-state index in [2.05, 4.69) is 0 Å². The molecule has 1 aliphatic rings. The van der Waals surface area contributed by atoms with Crippen LogP contribution in [0.4, 0.5) is 4.39 Å². The molecule has 2 heterocycles. The summed E-state index contributed by atoms with van der Waals surface area (Å²) in [4.78, 5) is 14.7. The van der Waals surface area contributed by atoms with Crippen molar-refractivity contribution >= 4 is 22.6 Å². The second-order valence-corrected chi connectivity index (χ2v) is 7.66. The molecule has 29 heavy (non-hydrogen) atoms. The fourth-order valence-electron chi connectivity index (χ4n) is 4.11. The number of likely N-dealkylation sites (N-methyl/N-ethyl adjacent to an activating group) is 1. The van der Waals surface area contributed by atoms with Crippen LogP contribution in [0, 0.1) is 5.82 Å². The summed E-state index contributed by atoms with van der Waals surface area (Å²) in [6, 6.07) is 5.64. The Morgan fingerprint density at radius 2 is 2.00 bits per heavy atom. The van der Waals surface area contributed by atoms with Gasteiger partial charge < -0.3 is 24.6 Å². The first-order valence-corrected chi connectivity index (χ1v) is 9.48. The summed E-state index contributed by atoms with van der Waals surface area (Å²) in [5, 5.41) is 30.8. The number of nitrogens with zero attached hydrogens (tertiary/aromatic N) is 1. The van der Waals surface area contributed by atoms with E-state index in [1.807, 2.05) is 11.9 Å². The van der Waals surface area contributed by atoms with Crippen LogP contribution in [0.5, 0.6) is 11.5 Å². The lowest BCUT2D eigenvalue weighted by Gasteiger charge is -2.24. The molecule has 4 rings (SSSR count). The van der Waals surface area contributed by atoms with Crippen LogP contribution in [0.3, 0.4) is 0 Å². The fourth-order valence-corrected chi connectivity index (χ4v) is 4.32. The highest BCUT2D eigenvalue weighted by atomic mass is 35.5. The Kier molecular flexibility index (Phi) is 4.98. The summed E-state index contributed by atoms with van der Waals surface area (Å²) < 4.78 is 19.7. The first-order valence-electron chi connectivity index (χ1n) is 9.11. The number of hydrogen-bond donors (Lipinski definition) is 3. The topological polar surface area (TPSA) is 94.1 Å². The molecule has 8 heteroatoms. The average Bonchev–Trinajstić information content (AvgIpc) is 3.03. The zero-order valence-electron chi connectivity index (χ0n) is 15.5. The third kappa shape index (κ3) is 3.25. The maximum atomic E-state index is 13.7. The van der Waals surface area contributed by atoms with E-state index in [0.717, 1.165) is 18.2 Å². The van der Waals surface area contributed by atoms with E-state index in [4.69, 9.17) is 16.0 Å². The van der Waals surface area contributed by atoms with Gasteiger partial charge in [0.2, 0.25) is 0 Å². The van der Waals surface area contributed by atoms with Crippen molar-refractivity contribution in [1.82, 2.24) is 4.90 Å². The highest BCUT2D eigenvalue weighted by Crippen LogP contribution is 2.44. The Morgan fingerprint density at radius 1 is 1.24 bits per heavy atom. The van der Waals surface area contributed by atoms with Crippen LogP contribution in [0.2, 0.25) is 5.02 Å². The summed E-state index contributed by atoms with van der Waals surface area (Å²) in [6.07, 6.45) is 0.615. The molecule has 1 saturated heterocycles. The molecule has 0 amide bonds. The first kappa shape index (κ1) is 19.7. The van der Waals surface area contributed by atoms with Gasteiger partial charge in [-0.2, -0.15) is 0 Å². The van der Waals surface area contributed by atoms with Gasteiger partial charge in [0.15, 0.2) is 5.43 Å². The van der Waals surface area contributed by atoms with Gasteiger partial charge in [-0.1, -0.05) is 11.6 Å². The molecule has 0 bridgehead atoms. The van der Waals surface area contributed by atoms with Crippen LogP contribution in [-0.4, -0.2) is 46.5 Å². The van der Waals surface area contributed by atoms with Crippen molar-refractivity contribution in [3.05, 3.63) is 57.0 Å². The number of benzene rings is 2. The van der Waals surface area contributed by atoms with Crippen LogP contribution < -0.4 is 5.43 Å². The summed E-state index contributed by atoms with van der Waals surface area (Å²) >= 11 is 6.16. The minimum absolute atomic E-state index is 0.00378. The molecule has 152 valence electrons. The Balaban J connectivity index is 2.03. The number of aromatic hydroxyl groups is 2. The van der Waals surface area contributed by atoms with Crippen molar-refractivity contribution < 1.29 is 24.1 Å². The molecule has 0 spiro atoms. The largest absolute Gasteiger partial charge is 0.507 e. The summed E-state index contributed by atoms with van der Waals surface area (Å²) in [7, 11) is 1.86. The van der Waals surface area contributed by atoms with Crippen molar-refractivity contribution in [2.45, 2.75) is 18.4 Å². The lowest BCUT2D eigenvalue weighted by molar-refractivity contribution is 0.172. The molecule has 6 nitrogen and oxygen atoms in total. The number of rotatable bonds is 3. The van der Waals surface area contributed by atoms with Crippen molar-refractivity contribution in [3.8, 4) is 22.8 Å². The minimum atomic E-state index is -0.552. The Bertz CT molecular complexity index is 1160. The van der Waals surface area contributed by atoms with Gasteiger partial charge in [0.05, 0.1) is 11.6 Å². The van der Waals surface area contributed by atoms with Crippen molar-refractivity contribution in [3.63, 3.8) is 0 Å². The third-order valence-electron chi connectivity index (χ3n) is 5.57. The standard InChI is InChI=1S/C21H19ClFNO5/c1-24-5-4-11(14(24)9-25)19-15(26)7-16(27)20-17(28)8-18(29-21(19)20)12-6-10(23)2-3-13(12)22/h2-3,6-8,11,14,25-27H,4-5,9H2,1H3/t11?,14-/m1/s1. The predicted octanol–water partition coefficient (Wildman–Crippen LogP) is 3.44. The summed E-state index contributed by atoms with van der Waals surface area (Å²) in [5.41, 5.74) is -0.0364. The van der Waals surface area contributed by atoms with Crippen LogP contribution in [0.15, 0.2) is 39.5 Å². The van der Waals surface area contributed by atoms with E-state index in [1.165, 1.54) is 12.1 Å². The molecule has 1 unspecified atom stereocenters. The molecule has 3 aromatic rings. The maximum absolute atomic E-state index is 13.7. The Hall–Kier alpha value is -2.61. The molecule has 1 aromatic heterocycles. The molecule has 0 saturated carbocycles. The zero-order chi connectivity index (χ0) is 20.9. The average molecular weight is 420 g/mol. The minimum Gasteiger partial charge on any atom is -0.507 e. The third-order valence-corrected chi connectivity index (χ3v) is 5.90. The molecular formula is C21H19ClFNO5. The van der Waals surface area contributed by atoms with E-state index >= 15 is 0 Å². The fraction of sp³-hybridized carbons (Fsp3) is 0.286. The maximum Gasteiger partial charge on any atom is 0.197 e. The molecule has 0 aliphatic carbocycles. The number of aliphatic hydroxyl groups is 1. The second kappa shape index (κ2) is 7.33. The summed E-state index contributed by atoms with van der Waals surface area (Å²) in [6.45, 7) is 0.528. The molecule has 3 N–H and O–H groups in total. The van der Waals surface area contributed by atoms with Crippen LogP contribution >= 0.6 is 11.6 Å². The lowest BCUT2D eigenvalue weighted by Crippen LogP contribution is -2.32. The monoisotopic (exact) mass is 419 g/mol. The van der Waals surface area contributed by atoms with Gasteiger partial charge in [0.25, 0.3) is 0 Å². The van der Waals surface area contributed by atoms with Gasteiger partial charge in [-0.05, 0) is 38.2 Å². The Morgan fingerprint density at radius 3 is 2.72 bits per heavy atom. The van der Waals surface area contributed by atoms with Crippen molar-refractivity contribution in [2.24, 2.45) is 0 Å². The van der Waals surface area contributed by atoms with E-state index in [-0.39, 0.29) is 51.6 Å². The number of phenolic OH excluding ortho intramolecular Hbond substituents is 2. The normalized spacial score (nSPS) is 19.9. The highest BCUT2D eigenvalue weighted by Gasteiger charge is 2.36. The van der Waals surface area contributed by atoms with Gasteiger partial charge in [-0.15, -0.1) is 0 Å². The van der Waals surface area contributed by atoms with Gasteiger partial charge in [-0.3, -0.25) is 4.79 Å². The van der Waals surface area contributed by atoms with Gasteiger partial charge in [-0.25, -0.2) is 4.39 Å². The van der Waals surface area contributed by atoms with Crippen LogP contribution in [0.25, 0.3) is 22.3 Å². The van der Waals surface area contributed by atoms with Gasteiger partial charge in [0.1, 0.15) is 34.0 Å². The zero-order valence-corrected chi connectivity index (χ0v) is 16.3. The van der Waals surface area contributed by atoms with Gasteiger partial charge in [0, 0.05) is 35.2 Å². The Labute approximate surface area is 170 Å². The quantitative estimate of drug-likeness (QED) is 0.602. The predicted molar refractivity (Wildman–Crippen MR) is 107 cm³/mol. The molecule has 0 radical (unpaired) electrons. The lowest BCUT2D eigenvalue weighted by atomic mass is 9.89. The van der Waals surface area contributed by atoms with Crippen molar-refractivity contribution in [1.29, 1.82) is 0 Å². The van der Waals surface area contributed by atoms with E-state index in [9.17, 15) is 24.5 Å². The molecule has 1 fully saturated rings. The second-order valence-electron chi connectivity index (χ2n) is 7.26. The number of likely N-dealkylation sites (tertiary alicyclic amines) is 1. The van der Waals surface area contributed by atoms with Crippen LogP contribution in [0.1, 0.15) is 17.9 Å². The SMILES string of the molecule is CN1CCC(c2c(O)cc(O)c3c(=O)cc(-c4cc(F)ccc4Cl)oc23)[C@H]1CO. The molecule has 2 atom stereocenters. The highest BCUT2D eigenvalue weighted by molar-refractivity contribution is 6.33.